The van der Waals surface area contributed by atoms with E-state index in [-0.39, 0.29) is 0 Å². The molecule has 3 heterocycles. The van der Waals surface area contributed by atoms with E-state index >= 15 is 0 Å². The highest BCUT2D eigenvalue weighted by molar-refractivity contribution is 6.29. The number of nitrogens with zero attached hydrogens (tertiary/aromatic N) is 7. The van der Waals surface area contributed by atoms with Gasteiger partial charge in [0.05, 0.1) is 0 Å². The Bertz CT molecular complexity index is 599. The lowest BCUT2D eigenvalue weighted by molar-refractivity contribution is 0.780. The molecule has 0 atom stereocenters. The number of aromatic nitrogens is 7. The third kappa shape index (κ3) is 1.24. The molecule has 3 aromatic heterocycles. The average molecular weight is 222 g/mol. The van der Waals surface area contributed by atoms with E-state index < -0.39 is 0 Å². The topological polar surface area (TPSA) is 73.8 Å². The van der Waals surface area contributed by atoms with Crippen molar-refractivity contribution in [2.75, 3.05) is 0 Å². The maximum Gasteiger partial charge on any atom is 0.255 e. The summed E-state index contributed by atoms with van der Waals surface area (Å²) in [5.74, 6) is 1.06. The fourth-order valence-electron chi connectivity index (χ4n) is 1.26. The van der Waals surface area contributed by atoms with E-state index in [9.17, 15) is 0 Å². The second-order valence-electron chi connectivity index (χ2n) is 2.75. The summed E-state index contributed by atoms with van der Waals surface area (Å²) in [6, 6.07) is 1.64. The Morgan fingerprint density at radius 3 is 2.93 bits per heavy atom. The summed E-state index contributed by atoms with van der Waals surface area (Å²) in [5, 5.41) is 8.33. The van der Waals surface area contributed by atoms with E-state index in [2.05, 4.69) is 25.1 Å². The first kappa shape index (κ1) is 8.30. The predicted molar refractivity (Wildman–Crippen MR) is 50.7 cm³/mol. The molecule has 0 saturated carbocycles. The van der Waals surface area contributed by atoms with Gasteiger partial charge in [0.2, 0.25) is 0 Å². The zero-order valence-corrected chi connectivity index (χ0v) is 8.07. The summed E-state index contributed by atoms with van der Waals surface area (Å²) in [4.78, 5) is 11.8. The SMILES string of the molecule is Clc1cc(-n2cncn2)n2ncnc2n1. The van der Waals surface area contributed by atoms with Crippen LogP contribution in [0.15, 0.2) is 25.0 Å². The van der Waals surface area contributed by atoms with E-state index in [0.29, 0.717) is 16.7 Å². The molecule has 0 radical (unpaired) electrons. The van der Waals surface area contributed by atoms with Gasteiger partial charge in [-0.05, 0) is 0 Å². The minimum atomic E-state index is 0.334. The standard InChI is InChI=1S/C7H4ClN7/c8-5-1-6(14-4-9-2-11-14)15-7(13-5)10-3-12-15/h1-4H. The highest BCUT2D eigenvalue weighted by atomic mass is 35.5. The summed E-state index contributed by atoms with van der Waals surface area (Å²) in [5.41, 5.74) is 0. The molecule has 0 bridgehead atoms. The Morgan fingerprint density at radius 1 is 1.20 bits per heavy atom. The Hall–Kier alpha value is -2.02. The molecule has 0 aliphatic heterocycles. The second kappa shape index (κ2) is 2.99. The van der Waals surface area contributed by atoms with Crippen molar-refractivity contribution in [2.45, 2.75) is 0 Å². The van der Waals surface area contributed by atoms with E-state index in [1.165, 1.54) is 21.9 Å². The minimum absolute atomic E-state index is 0.334. The van der Waals surface area contributed by atoms with Gasteiger partial charge in [0, 0.05) is 6.07 Å². The molecular weight excluding hydrogens is 218 g/mol. The summed E-state index contributed by atoms with van der Waals surface area (Å²) in [6.45, 7) is 0. The highest BCUT2D eigenvalue weighted by Crippen LogP contribution is 2.12. The fourth-order valence-corrected chi connectivity index (χ4v) is 1.43. The minimum Gasteiger partial charge on any atom is -0.223 e. The van der Waals surface area contributed by atoms with Gasteiger partial charge >= 0.3 is 0 Å². The normalized spacial score (nSPS) is 11.0. The largest absolute Gasteiger partial charge is 0.255 e. The van der Waals surface area contributed by atoms with Gasteiger partial charge < -0.3 is 0 Å². The van der Waals surface area contributed by atoms with Crippen LogP contribution in [0.5, 0.6) is 0 Å². The Labute approximate surface area is 88.4 Å². The van der Waals surface area contributed by atoms with Crippen LogP contribution < -0.4 is 0 Å². The van der Waals surface area contributed by atoms with Gasteiger partial charge in [0.15, 0.2) is 5.82 Å². The molecule has 8 heteroatoms. The lowest BCUT2D eigenvalue weighted by Crippen LogP contribution is -2.05. The zero-order valence-electron chi connectivity index (χ0n) is 7.32. The van der Waals surface area contributed by atoms with Crippen LogP contribution in [0.2, 0.25) is 5.15 Å². The molecule has 3 aromatic rings. The smallest absolute Gasteiger partial charge is 0.223 e. The molecular formula is C7H4ClN7. The molecule has 0 spiro atoms. The van der Waals surface area contributed by atoms with Crippen molar-refractivity contribution in [3.63, 3.8) is 0 Å². The van der Waals surface area contributed by atoms with Gasteiger partial charge in [-0.2, -0.15) is 24.7 Å². The third-order valence-electron chi connectivity index (χ3n) is 1.86. The first-order chi connectivity index (χ1) is 7.34. The monoisotopic (exact) mass is 221 g/mol. The van der Waals surface area contributed by atoms with Crippen LogP contribution in [0, 0.1) is 0 Å². The number of hydrogen-bond donors (Lipinski definition) is 0. The molecule has 3 rings (SSSR count). The van der Waals surface area contributed by atoms with Crippen LogP contribution in [-0.4, -0.2) is 34.3 Å². The predicted octanol–water partition coefficient (Wildman–Crippen LogP) is 0.358. The van der Waals surface area contributed by atoms with Gasteiger partial charge in [-0.25, -0.2) is 9.67 Å². The van der Waals surface area contributed by atoms with Crippen molar-refractivity contribution in [3.8, 4) is 5.82 Å². The van der Waals surface area contributed by atoms with Crippen molar-refractivity contribution in [2.24, 2.45) is 0 Å². The first-order valence-corrected chi connectivity index (χ1v) is 4.44. The molecule has 0 amide bonds. The Balaban J connectivity index is 2.38. The van der Waals surface area contributed by atoms with Gasteiger partial charge in [0.1, 0.15) is 24.1 Å². The average Bonchev–Trinajstić information content (AvgIpc) is 2.86. The van der Waals surface area contributed by atoms with Crippen LogP contribution in [0.25, 0.3) is 11.6 Å². The molecule has 15 heavy (non-hydrogen) atoms. The number of rotatable bonds is 1. The highest BCUT2D eigenvalue weighted by Gasteiger charge is 2.08. The quantitative estimate of drug-likeness (QED) is 0.555. The van der Waals surface area contributed by atoms with Crippen molar-refractivity contribution in [1.29, 1.82) is 0 Å². The van der Waals surface area contributed by atoms with Crippen molar-refractivity contribution in [3.05, 3.63) is 30.2 Å². The van der Waals surface area contributed by atoms with Crippen molar-refractivity contribution < 1.29 is 0 Å². The lowest BCUT2D eigenvalue weighted by Gasteiger charge is -2.02. The maximum absolute atomic E-state index is 5.84. The van der Waals surface area contributed by atoms with Crippen LogP contribution in [0.1, 0.15) is 0 Å². The number of halogens is 1. The van der Waals surface area contributed by atoms with Crippen molar-refractivity contribution >= 4 is 17.4 Å². The van der Waals surface area contributed by atoms with Crippen LogP contribution in [0.3, 0.4) is 0 Å². The Kier molecular flexibility index (Phi) is 1.65. The van der Waals surface area contributed by atoms with Gasteiger partial charge in [-0.1, -0.05) is 11.6 Å². The summed E-state index contributed by atoms with van der Waals surface area (Å²) in [6.07, 6.45) is 4.38. The molecule has 0 saturated heterocycles. The number of fused-ring (bicyclic) bond motifs is 1. The summed E-state index contributed by atoms with van der Waals surface area (Å²) < 4.78 is 3.07. The third-order valence-corrected chi connectivity index (χ3v) is 2.05. The van der Waals surface area contributed by atoms with Crippen molar-refractivity contribution in [1.82, 2.24) is 34.3 Å². The van der Waals surface area contributed by atoms with Gasteiger partial charge in [-0.15, -0.1) is 0 Å². The second-order valence-corrected chi connectivity index (χ2v) is 3.14. The molecule has 0 aromatic carbocycles. The van der Waals surface area contributed by atoms with E-state index in [4.69, 9.17) is 11.6 Å². The Morgan fingerprint density at radius 2 is 2.13 bits per heavy atom. The van der Waals surface area contributed by atoms with Gasteiger partial charge in [0.25, 0.3) is 5.78 Å². The summed E-state index contributed by atoms with van der Waals surface area (Å²) >= 11 is 5.84. The first-order valence-electron chi connectivity index (χ1n) is 4.06. The van der Waals surface area contributed by atoms with Crippen LogP contribution in [-0.2, 0) is 0 Å². The molecule has 0 fully saturated rings. The number of hydrogen-bond acceptors (Lipinski definition) is 5. The molecule has 0 aliphatic rings. The van der Waals surface area contributed by atoms with E-state index in [1.807, 2.05) is 0 Å². The fraction of sp³-hybridized carbons (Fsp3) is 0. The molecule has 74 valence electrons. The lowest BCUT2D eigenvalue weighted by atomic mass is 10.6. The van der Waals surface area contributed by atoms with Crippen LogP contribution in [0.4, 0.5) is 0 Å². The molecule has 0 unspecified atom stereocenters. The zero-order chi connectivity index (χ0) is 10.3. The van der Waals surface area contributed by atoms with Gasteiger partial charge in [-0.3, -0.25) is 0 Å². The summed E-state index contributed by atoms with van der Waals surface area (Å²) in [7, 11) is 0. The van der Waals surface area contributed by atoms with E-state index in [0.717, 1.165) is 0 Å². The maximum atomic E-state index is 5.84. The molecule has 7 nitrogen and oxygen atoms in total. The van der Waals surface area contributed by atoms with Crippen LogP contribution >= 0.6 is 11.6 Å². The molecule has 0 N–H and O–H groups in total. The molecule has 0 aliphatic carbocycles. The van der Waals surface area contributed by atoms with E-state index in [1.54, 1.807) is 12.4 Å².